The van der Waals surface area contributed by atoms with Crippen LogP contribution in [0, 0.1) is 0 Å². The molecular weight excluding hydrogens is 463 g/mol. The number of ether oxygens (including phenoxy) is 1. The number of halogens is 2. The van der Waals surface area contributed by atoms with E-state index in [2.05, 4.69) is 6.58 Å². The van der Waals surface area contributed by atoms with Crippen LogP contribution in [0.15, 0.2) is 67.2 Å². The summed E-state index contributed by atoms with van der Waals surface area (Å²) in [5.41, 5.74) is 2.39. The fraction of sp³-hybridized carbons (Fsp3) is 0.160. The van der Waals surface area contributed by atoms with Gasteiger partial charge >= 0.3 is 5.97 Å². The number of rotatable bonds is 7. The SMILES string of the molecule is C=C(C)OC(=O)c1cn(CCCN2C(=O)c3ccccc3C2=O)cc1-c1ccc(Cl)cc1Cl. The lowest BCUT2D eigenvalue weighted by atomic mass is 10.0. The summed E-state index contributed by atoms with van der Waals surface area (Å²) >= 11 is 12.4. The number of benzene rings is 2. The molecule has 0 saturated carbocycles. The van der Waals surface area contributed by atoms with Crippen LogP contribution in [0.25, 0.3) is 11.1 Å². The lowest BCUT2D eigenvalue weighted by molar-refractivity contribution is 0.0624. The second kappa shape index (κ2) is 9.25. The summed E-state index contributed by atoms with van der Waals surface area (Å²) in [5.74, 6) is -0.862. The molecule has 0 radical (unpaired) electrons. The molecule has 1 aliphatic rings. The van der Waals surface area contributed by atoms with Crippen molar-refractivity contribution in [3.05, 3.63) is 93.9 Å². The van der Waals surface area contributed by atoms with Crippen LogP contribution in [0.1, 0.15) is 44.4 Å². The number of imide groups is 1. The van der Waals surface area contributed by atoms with E-state index in [1.54, 1.807) is 61.8 Å². The first-order valence-electron chi connectivity index (χ1n) is 10.2. The van der Waals surface area contributed by atoms with Crippen molar-refractivity contribution in [1.82, 2.24) is 9.47 Å². The van der Waals surface area contributed by atoms with Crippen LogP contribution in [0.5, 0.6) is 0 Å². The number of carbonyl (C=O) groups excluding carboxylic acids is 3. The van der Waals surface area contributed by atoms with Crippen molar-refractivity contribution in [3.63, 3.8) is 0 Å². The van der Waals surface area contributed by atoms with E-state index < -0.39 is 5.97 Å². The predicted molar refractivity (Wildman–Crippen MR) is 127 cm³/mol. The lowest BCUT2D eigenvalue weighted by Crippen LogP contribution is -2.31. The van der Waals surface area contributed by atoms with Crippen LogP contribution in [-0.4, -0.2) is 33.8 Å². The standard InChI is InChI=1S/C25H20Cl2N2O4/c1-15(2)33-25(32)21-14-28(13-20(21)17-9-8-16(26)12-22(17)27)10-5-11-29-23(30)18-6-3-4-7-19(18)24(29)31/h3-4,6-9,12-14H,1,5,10-11H2,2H3. The van der Waals surface area contributed by atoms with Gasteiger partial charge < -0.3 is 9.30 Å². The first-order chi connectivity index (χ1) is 15.8. The Kier molecular flexibility index (Phi) is 6.40. The van der Waals surface area contributed by atoms with Crippen LogP contribution in [-0.2, 0) is 11.3 Å². The highest BCUT2D eigenvalue weighted by molar-refractivity contribution is 6.36. The van der Waals surface area contributed by atoms with Crippen LogP contribution < -0.4 is 0 Å². The van der Waals surface area contributed by atoms with Gasteiger partial charge in [0.15, 0.2) is 0 Å². The van der Waals surface area contributed by atoms with Crippen molar-refractivity contribution < 1.29 is 19.1 Å². The molecule has 0 fully saturated rings. The van der Waals surface area contributed by atoms with Gasteiger partial charge in [0.25, 0.3) is 11.8 Å². The highest BCUT2D eigenvalue weighted by Gasteiger charge is 2.34. The third-order valence-corrected chi connectivity index (χ3v) is 5.81. The molecule has 0 aliphatic carbocycles. The van der Waals surface area contributed by atoms with Crippen molar-refractivity contribution in [3.8, 4) is 11.1 Å². The minimum Gasteiger partial charge on any atom is -0.428 e. The highest BCUT2D eigenvalue weighted by atomic mass is 35.5. The number of amides is 2. The average molecular weight is 483 g/mol. The van der Waals surface area contributed by atoms with E-state index in [0.29, 0.717) is 50.8 Å². The maximum Gasteiger partial charge on any atom is 0.345 e. The number of esters is 1. The number of nitrogens with zero attached hydrogens (tertiary/aromatic N) is 2. The molecule has 2 aromatic carbocycles. The second-order valence-electron chi connectivity index (χ2n) is 7.70. The molecule has 1 aliphatic heterocycles. The van der Waals surface area contributed by atoms with E-state index >= 15 is 0 Å². The normalized spacial score (nSPS) is 12.8. The Morgan fingerprint density at radius 1 is 0.939 bits per heavy atom. The smallest absolute Gasteiger partial charge is 0.345 e. The summed E-state index contributed by atoms with van der Waals surface area (Å²) in [5, 5.41) is 0.880. The minimum atomic E-state index is -0.553. The van der Waals surface area contributed by atoms with Gasteiger partial charge in [-0.2, -0.15) is 0 Å². The third kappa shape index (κ3) is 4.58. The van der Waals surface area contributed by atoms with E-state index in [-0.39, 0.29) is 24.1 Å². The average Bonchev–Trinajstić information content (AvgIpc) is 3.29. The Morgan fingerprint density at radius 2 is 1.61 bits per heavy atom. The Balaban J connectivity index is 1.54. The summed E-state index contributed by atoms with van der Waals surface area (Å²) in [7, 11) is 0. The highest BCUT2D eigenvalue weighted by Crippen LogP contribution is 2.34. The number of aryl methyl sites for hydroxylation is 1. The van der Waals surface area contributed by atoms with Crippen LogP contribution >= 0.6 is 23.2 Å². The largest absolute Gasteiger partial charge is 0.428 e. The van der Waals surface area contributed by atoms with E-state index in [4.69, 9.17) is 27.9 Å². The predicted octanol–water partition coefficient (Wildman–Crippen LogP) is 5.84. The molecule has 8 heteroatoms. The zero-order valence-corrected chi connectivity index (χ0v) is 19.3. The molecule has 0 unspecified atom stereocenters. The molecule has 0 spiro atoms. The third-order valence-electron chi connectivity index (χ3n) is 5.26. The molecule has 2 amide bonds. The Labute approximate surface area is 201 Å². The summed E-state index contributed by atoms with van der Waals surface area (Å²) in [4.78, 5) is 39.0. The number of hydrogen-bond donors (Lipinski definition) is 0. The summed E-state index contributed by atoms with van der Waals surface area (Å²) in [6.45, 7) is 5.93. The maximum atomic E-state index is 12.7. The van der Waals surface area contributed by atoms with Crippen molar-refractivity contribution >= 4 is 41.0 Å². The molecule has 33 heavy (non-hydrogen) atoms. The van der Waals surface area contributed by atoms with Crippen LogP contribution in [0.3, 0.4) is 0 Å². The summed E-state index contributed by atoms with van der Waals surface area (Å²) in [6, 6.07) is 11.8. The Bertz CT molecular complexity index is 1260. The van der Waals surface area contributed by atoms with Gasteiger partial charge in [-0.05, 0) is 37.6 Å². The number of fused-ring (bicyclic) bond motifs is 1. The number of carbonyl (C=O) groups is 3. The first kappa shape index (κ1) is 22.8. The number of aromatic nitrogens is 1. The second-order valence-corrected chi connectivity index (χ2v) is 8.54. The topological polar surface area (TPSA) is 68.6 Å². The molecule has 0 atom stereocenters. The Morgan fingerprint density at radius 3 is 2.21 bits per heavy atom. The number of hydrogen-bond acceptors (Lipinski definition) is 4. The van der Waals surface area contributed by atoms with Crippen molar-refractivity contribution in [1.29, 1.82) is 0 Å². The van der Waals surface area contributed by atoms with Gasteiger partial charge in [0, 0.05) is 46.7 Å². The van der Waals surface area contributed by atoms with E-state index in [0.717, 1.165) is 0 Å². The van der Waals surface area contributed by atoms with Crippen LogP contribution in [0.4, 0.5) is 0 Å². The van der Waals surface area contributed by atoms with Gasteiger partial charge in [-0.25, -0.2) is 4.79 Å². The quantitative estimate of drug-likeness (QED) is 0.241. The van der Waals surface area contributed by atoms with E-state index in [1.807, 2.05) is 4.57 Å². The minimum absolute atomic E-state index is 0.257. The number of allylic oxidation sites excluding steroid dienone is 1. The molecule has 168 valence electrons. The molecule has 3 aromatic rings. The lowest BCUT2D eigenvalue weighted by Gasteiger charge is -2.13. The van der Waals surface area contributed by atoms with Gasteiger partial charge in [-0.1, -0.05) is 48.0 Å². The van der Waals surface area contributed by atoms with Gasteiger partial charge in [-0.3, -0.25) is 14.5 Å². The summed E-state index contributed by atoms with van der Waals surface area (Å²) in [6.07, 6.45) is 3.95. The Hall–Kier alpha value is -3.35. The molecule has 6 nitrogen and oxygen atoms in total. The zero-order valence-electron chi connectivity index (χ0n) is 17.8. The van der Waals surface area contributed by atoms with Crippen molar-refractivity contribution in [2.75, 3.05) is 6.54 Å². The van der Waals surface area contributed by atoms with Gasteiger partial charge in [0.05, 0.1) is 22.4 Å². The van der Waals surface area contributed by atoms with E-state index in [1.165, 1.54) is 4.90 Å². The van der Waals surface area contributed by atoms with Crippen molar-refractivity contribution in [2.45, 2.75) is 19.9 Å². The molecule has 0 N–H and O–H groups in total. The fourth-order valence-corrected chi connectivity index (χ4v) is 4.30. The fourth-order valence-electron chi connectivity index (χ4n) is 3.79. The molecule has 0 bridgehead atoms. The molecule has 2 heterocycles. The summed E-state index contributed by atoms with van der Waals surface area (Å²) < 4.78 is 7.02. The molecule has 4 rings (SSSR count). The first-order valence-corrected chi connectivity index (χ1v) is 11.0. The van der Waals surface area contributed by atoms with Crippen molar-refractivity contribution in [2.24, 2.45) is 0 Å². The van der Waals surface area contributed by atoms with Gasteiger partial charge in [-0.15, -0.1) is 0 Å². The molecule has 0 saturated heterocycles. The van der Waals surface area contributed by atoms with Gasteiger partial charge in [0.1, 0.15) is 0 Å². The zero-order chi connectivity index (χ0) is 23.7. The monoisotopic (exact) mass is 482 g/mol. The van der Waals surface area contributed by atoms with Gasteiger partial charge in [0.2, 0.25) is 0 Å². The molecule has 1 aromatic heterocycles. The molecular formula is C25H20Cl2N2O4. The van der Waals surface area contributed by atoms with Crippen LogP contribution in [0.2, 0.25) is 10.0 Å². The van der Waals surface area contributed by atoms with E-state index in [9.17, 15) is 14.4 Å². The maximum absolute atomic E-state index is 12.7.